The normalized spacial score (nSPS) is 16.0. The molecule has 0 saturated heterocycles. The Hall–Kier alpha value is -2.08. The highest BCUT2D eigenvalue weighted by Gasteiger charge is 2.38. The third kappa shape index (κ3) is 9.84. The molecule has 0 aromatic carbocycles. The first-order chi connectivity index (χ1) is 10.5. The van der Waals surface area contributed by atoms with Gasteiger partial charge in [-0.25, -0.2) is 9.59 Å². The number of carbonyl (C=O) groups excluding carboxylic acids is 2. The van der Waals surface area contributed by atoms with E-state index in [1.807, 2.05) is 0 Å². The smallest absolute Gasteiger partial charge is 0.335 e. The number of ketones is 1. The van der Waals surface area contributed by atoms with Crippen LogP contribution in [0, 0.1) is 0 Å². The molecule has 3 unspecified atom stereocenters. The summed E-state index contributed by atoms with van der Waals surface area (Å²) in [7, 11) is 5.30. The van der Waals surface area contributed by atoms with Crippen LogP contribution in [-0.4, -0.2) is 99.2 Å². The summed E-state index contributed by atoms with van der Waals surface area (Å²) in [6.07, 6.45) is -5.19. The predicted molar refractivity (Wildman–Crippen MR) is 75.4 cm³/mol. The van der Waals surface area contributed by atoms with Crippen molar-refractivity contribution in [1.82, 2.24) is 0 Å². The summed E-state index contributed by atoms with van der Waals surface area (Å²) in [5.41, 5.74) is -1.82. The number of carboxylic acid groups (broad SMARTS) is 3. The maximum Gasteiger partial charge on any atom is 0.335 e. The van der Waals surface area contributed by atoms with Crippen molar-refractivity contribution in [3.63, 3.8) is 0 Å². The highest BCUT2D eigenvalue weighted by molar-refractivity contribution is 5.88. The van der Waals surface area contributed by atoms with Crippen LogP contribution in [0.4, 0.5) is 0 Å². The van der Waals surface area contributed by atoms with Crippen LogP contribution in [0.5, 0.6) is 0 Å². The molecule has 0 bridgehead atoms. The number of rotatable bonds is 8. The van der Waals surface area contributed by atoms with Crippen LogP contribution in [-0.2, 0) is 19.2 Å². The number of aliphatic hydroxyl groups excluding tert-OH is 2. The van der Waals surface area contributed by atoms with E-state index < -0.39 is 47.9 Å². The topological polar surface area (TPSA) is 192 Å². The molecule has 0 aliphatic rings. The molecule has 140 valence electrons. The number of hydrogen-bond donors (Lipinski definition) is 5. The number of hydrogen-bond acceptors (Lipinski definition) is 8. The Balaban J connectivity index is 0. The molecule has 0 spiro atoms. The molecule has 0 heterocycles. The van der Waals surface area contributed by atoms with Gasteiger partial charge in [0, 0.05) is 12.4 Å². The van der Waals surface area contributed by atoms with Crippen molar-refractivity contribution < 1.29 is 54.3 Å². The second-order valence-corrected chi connectivity index (χ2v) is 6.15. The van der Waals surface area contributed by atoms with Crippen LogP contribution in [0.3, 0.4) is 0 Å². The standard InChI is InChI=1S/C9H17NO4.C4H6O6/c1-7(11)9(14,5-8(12)13)6-10(2,3)4;5-1(3(7)8)2(6)4(9)10/h14H,5-6H2,1-4H3;1-2,5-6H,(H,7,8)(H,9,10). The number of carbonyl (C=O) groups is 4. The Bertz CT molecular complexity index is 466. The van der Waals surface area contributed by atoms with Gasteiger partial charge in [0.05, 0.1) is 21.1 Å². The maximum atomic E-state index is 11.1. The summed E-state index contributed by atoms with van der Waals surface area (Å²) in [6.45, 7) is 1.23. The summed E-state index contributed by atoms with van der Waals surface area (Å²) in [4.78, 5) is 41.0. The van der Waals surface area contributed by atoms with Crippen molar-refractivity contribution in [3.8, 4) is 0 Å². The highest BCUT2D eigenvalue weighted by atomic mass is 16.4. The van der Waals surface area contributed by atoms with Crippen molar-refractivity contribution in [2.75, 3.05) is 27.7 Å². The van der Waals surface area contributed by atoms with Gasteiger partial charge >= 0.3 is 11.9 Å². The van der Waals surface area contributed by atoms with Crippen LogP contribution in [0.15, 0.2) is 0 Å². The summed E-state index contributed by atoms with van der Waals surface area (Å²) in [5, 5.41) is 52.7. The Morgan fingerprint density at radius 1 is 1.00 bits per heavy atom. The number of carboxylic acids is 3. The number of aliphatic carboxylic acids is 3. The lowest BCUT2D eigenvalue weighted by molar-refractivity contribution is -0.875. The van der Waals surface area contributed by atoms with E-state index in [-0.39, 0.29) is 6.54 Å². The zero-order valence-corrected chi connectivity index (χ0v) is 13.8. The van der Waals surface area contributed by atoms with Gasteiger partial charge < -0.3 is 39.9 Å². The zero-order chi connectivity index (χ0) is 19.9. The monoisotopic (exact) mass is 353 g/mol. The summed E-state index contributed by atoms with van der Waals surface area (Å²) >= 11 is 0. The van der Waals surface area contributed by atoms with Crippen LogP contribution in [0.1, 0.15) is 13.3 Å². The minimum absolute atomic E-state index is 0.0519. The molecule has 0 radical (unpaired) electrons. The van der Waals surface area contributed by atoms with Crippen LogP contribution in [0.2, 0.25) is 0 Å². The minimum atomic E-state index is -2.27. The maximum absolute atomic E-state index is 11.1. The van der Waals surface area contributed by atoms with Gasteiger partial charge in [0.1, 0.15) is 6.54 Å². The van der Waals surface area contributed by atoms with Crippen LogP contribution >= 0.6 is 0 Å². The Morgan fingerprint density at radius 2 is 1.33 bits per heavy atom. The van der Waals surface area contributed by atoms with Crippen molar-refractivity contribution in [1.29, 1.82) is 0 Å². The molecule has 0 amide bonds. The molecule has 0 aromatic rings. The average Bonchev–Trinajstić information content (AvgIpc) is 2.33. The summed E-state index contributed by atoms with van der Waals surface area (Å²) in [6, 6.07) is 0. The first kappa shape index (κ1) is 24.2. The molecule has 0 saturated carbocycles. The molecule has 24 heavy (non-hydrogen) atoms. The summed E-state index contributed by atoms with van der Waals surface area (Å²) in [5.74, 6) is -5.50. The molecular weight excluding hydrogens is 330 g/mol. The molecule has 0 rings (SSSR count). The van der Waals surface area contributed by atoms with E-state index in [1.54, 1.807) is 21.1 Å². The van der Waals surface area contributed by atoms with Gasteiger partial charge in [-0.05, 0) is 6.92 Å². The lowest BCUT2D eigenvalue weighted by Gasteiger charge is -2.34. The Labute approximate surface area is 138 Å². The number of nitrogens with zero attached hydrogens (tertiary/aromatic N) is 1. The van der Waals surface area contributed by atoms with Crippen molar-refractivity contribution in [2.45, 2.75) is 31.2 Å². The Morgan fingerprint density at radius 3 is 1.50 bits per heavy atom. The van der Waals surface area contributed by atoms with Gasteiger partial charge in [0.25, 0.3) is 0 Å². The third-order valence-corrected chi connectivity index (χ3v) is 2.63. The second-order valence-electron chi connectivity index (χ2n) is 6.15. The van der Waals surface area contributed by atoms with Gasteiger partial charge in [-0.2, -0.15) is 0 Å². The van der Waals surface area contributed by atoms with Crippen molar-refractivity contribution >= 4 is 23.7 Å². The number of aliphatic hydroxyl groups is 3. The molecule has 5 N–H and O–H groups in total. The van der Waals surface area contributed by atoms with Crippen LogP contribution < -0.4 is 5.11 Å². The van der Waals surface area contributed by atoms with Gasteiger partial charge in [-0.15, -0.1) is 0 Å². The fraction of sp³-hybridized carbons (Fsp3) is 0.692. The SMILES string of the molecule is CC(=O)C(O)(CC(=O)[O-])C[N+](C)(C)C.O=C(O)C(O)C(O)C(=O)O. The summed E-state index contributed by atoms with van der Waals surface area (Å²) < 4.78 is 0.309. The van der Waals surface area contributed by atoms with E-state index >= 15 is 0 Å². The van der Waals surface area contributed by atoms with E-state index in [9.17, 15) is 29.4 Å². The van der Waals surface area contributed by atoms with E-state index in [0.717, 1.165) is 0 Å². The van der Waals surface area contributed by atoms with Gasteiger partial charge in [-0.1, -0.05) is 0 Å². The molecule has 11 heteroatoms. The Kier molecular flexibility index (Phi) is 9.34. The van der Waals surface area contributed by atoms with Crippen LogP contribution in [0.25, 0.3) is 0 Å². The molecule has 11 nitrogen and oxygen atoms in total. The van der Waals surface area contributed by atoms with E-state index in [0.29, 0.717) is 4.48 Å². The number of quaternary nitrogens is 1. The van der Waals surface area contributed by atoms with E-state index in [2.05, 4.69) is 0 Å². The first-order valence-corrected chi connectivity index (χ1v) is 6.59. The molecule has 0 aliphatic heterocycles. The molecular formula is C13H23NO10. The average molecular weight is 353 g/mol. The minimum Gasteiger partial charge on any atom is -0.550 e. The number of Topliss-reactive ketones (excluding diaryl/α,β-unsaturated/α-hetero) is 1. The second kappa shape index (κ2) is 9.27. The first-order valence-electron chi connectivity index (χ1n) is 6.59. The predicted octanol–water partition coefficient (Wildman–Crippen LogP) is -3.97. The van der Waals surface area contributed by atoms with Gasteiger partial charge in [0.2, 0.25) is 0 Å². The molecule has 0 aromatic heterocycles. The van der Waals surface area contributed by atoms with E-state index in [1.165, 1.54) is 6.92 Å². The number of likely N-dealkylation sites (N-methyl/N-ethyl adjacent to an activating group) is 1. The van der Waals surface area contributed by atoms with E-state index in [4.69, 9.17) is 20.4 Å². The van der Waals surface area contributed by atoms with Crippen molar-refractivity contribution in [2.24, 2.45) is 0 Å². The highest BCUT2D eigenvalue weighted by Crippen LogP contribution is 2.15. The molecule has 0 fully saturated rings. The largest absolute Gasteiger partial charge is 0.550 e. The van der Waals surface area contributed by atoms with Gasteiger partial charge in [-0.3, -0.25) is 4.79 Å². The fourth-order valence-electron chi connectivity index (χ4n) is 1.59. The fourth-order valence-corrected chi connectivity index (χ4v) is 1.59. The zero-order valence-electron chi connectivity index (χ0n) is 13.8. The molecule has 3 atom stereocenters. The molecule has 0 aliphatic carbocycles. The lowest BCUT2D eigenvalue weighted by atomic mass is 9.94. The van der Waals surface area contributed by atoms with Gasteiger partial charge in [0.15, 0.2) is 23.6 Å². The van der Waals surface area contributed by atoms with Crippen molar-refractivity contribution in [3.05, 3.63) is 0 Å². The lowest BCUT2D eigenvalue weighted by Crippen LogP contribution is -2.55. The third-order valence-electron chi connectivity index (χ3n) is 2.63. The quantitative estimate of drug-likeness (QED) is 0.269.